The summed E-state index contributed by atoms with van der Waals surface area (Å²) in [5.41, 5.74) is 4.05. The molecule has 2 aromatic rings. The van der Waals surface area contributed by atoms with Gasteiger partial charge >= 0.3 is 0 Å². The van der Waals surface area contributed by atoms with E-state index in [1.165, 1.54) is 48.5 Å². The number of ether oxygens (including phenoxy) is 1. The maximum atomic E-state index is 6.01. The van der Waals surface area contributed by atoms with E-state index >= 15 is 0 Å². The Morgan fingerprint density at radius 1 is 1.14 bits per heavy atom. The molecule has 152 valence electrons. The van der Waals surface area contributed by atoms with Gasteiger partial charge in [0, 0.05) is 29.3 Å². The summed E-state index contributed by atoms with van der Waals surface area (Å²) >= 11 is 1.77. The van der Waals surface area contributed by atoms with Crippen LogP contribution in [0.2, 0.25) is 0 Å². The molecule has 0 radical (unpaired) electrons. The van der Waals surface area contributed by atoms with E-state index in [2.05, 4.69) is 68.1 Å². The molecular weight excluding hydrogens is 364 g/mol. The second-order valence-electron chi connectivity index (χ2n) is 9.16. The first kappa shape index (κ1) is 21.2. The number of likely N-dealkylation sites (tertiary alicyclic amines) is 1. The second kappa shape index (κ2) is 9.32. The number of aromatic nitrogens is 1. The number of thioether (sulfide) groups is 1. The molecule has 1 aliphatic rings. The van der Waals surface area contributed by atoms with E-state index in [4.69, 9.17) is 4.74 Å². The number of hydrogen-bond donors (Lipinski definition) is 0. The van der Waals surface area contributed by atoms with E-state index in [1.807, 2.05) is 12.3 Å². The number of nitrogens with zero attached hydrogens (tertiary/aromatic N) is 2. The smallest absolute Gasteiger partial charge is 0.213 e. The molecule has 0 N–H and O–H groups in total. The lowest BCUT2D eigenvalue weighted by atomic mass is 9.92. The average molecular weight is 399 g/mol. The van der Waals surface area contributed by atoms with Crippen molar-refractivity contribution in [2.45, 2.75) is 45.4 Å². The summed E-state index contributed by atoms with van der Waals surface area (Å²) in [6, 6.07) is 10.7. The number of piperidine rings is 1. The van der Waals surface area contributed by atoms with Crippen molar-refractivity contribution in [2.24, 2.45) is 11.3 Å². The molecule has 0 amide bonds. The standard InChI is InChI=1S/C24H34N2OS/c1-18-14-21(28-5)7-8-22(18)20-6-9-23(25-15-20)27-16-19-10-12-26(13-11-19)17-24(2,3)4/h6-9,14-15,19H,10-13,16-17H2,1-5H3. The molecule has 3 rings (SSSR count). The van der Waals surface area contributed by atoms with Crippen molar-refractivity contribution in [2.75, 3.05) is 32.5 Å². The van der Waals surface area contributed by atoms with Crippen LogP contribution >= 0.6 is 11.8 Å². The Hall–Kier alpha value is -1.52. The largest absolute Gasteiger partial charge is 0.477 e. The van der Waals surface area contributed by atoms with Gasteiger partial charge in [0.05, 0.1) is 6.61 Å². The minimum absolute atomic E-state index is 0.378. The average Bonchev–Trinajstić information content (AvgIpc) is 2.67. The first-order valence-electron chi connectivity index (χ1n) is 10.3. The normalized spacial score (nSPS) is 16.3. The van der Waals surface area contributed by atoms with E-state index in [1.54, 1.807) is 11.8 Å². The molecule has 0 saturated carbocycles. The Morgan fingerprint density at radius 3 is 2.46 bits per heavy atom. The lowest BCUT2D eigenvalue weighted by Gasteiger charge is -2.35. The summed E-state index contributed by atoms with van der Waals surface area (Å²) in [5.74, 6) is 1.37. The zero-order chi connectivity index (χ0) is 20.1. The lowest BCUT2D eigenvalue weighted by molar-refractivity contribution is 0.111. The van der Waals surface area contributed by atoms with E-state index in [-0.39, 0.29) is 0 Å². The van der Waals surface area contributed by atoms with E-state index in [0.29, 0.717) is 11.3 Å². The molecule has 4 heteroatoms. The molecule has 0 spiro atoms. The topological polar surface area (TPSA) is 25.4 Å². The van der Waals surface area contributed by atoms with Crippen molar-refractivity contribution in [1.29, 1.82) is 0 Å². The van der Waals surface area contributed by atoms with E-state index in [0.717, 1.165) is 18.1 Å². The van der Waals surface area contributed by atoms with E-state index in [9.17, 15) is 0 Å². The van der Waals surface area contributed by atoms with E-state index < -0.39 is 0 Å². The maximum absolute atomic E-state index is 6.01. The Bertz CT molecular complexity index is 759. The monoisotopic (exact) mass is 398 g/mol. The Morgan fingerprint density at radius 2 is 1.89 bits per heavy atom. The number of aryl methyl sites for hydroxylation is 1. The molecular formula is C24H34N2OS. The van der Waals surface area contributed by atoms with Crippen LogP contribution in [-0.2, 0) is 0 Å². The SMILES string of the molecule is CSc1ccc(-c2ccc(OCC3CCN(CC(C)(C)C)CC3)nc2)c(C)c1. The number of hydrogen-bond acceptors (Lipinski definition) is 4. The van der Waals surface area contributed by atoms with Crippen LogP contribution in [0.15, 0.2) is 41.4 Å². The molecule has 0 atom stereocenters. The third-order valence-corrected chi connectivity index (χ3v) is 6.08. The van der Waals surface area contributed by atoms with Gasteiger partial charge in [-0.3, -0.25) is 0 Å². The number of rotatable bonds is 6. The molecule has 1 aliphatic heterocycles. The fourth-order valence-electron chi connectivity index (χ4n) is 3.90. The highest BCUT2D eigenvalue weighted by atomic mass is 32.2. The predicted molar refractivity (Wildman–Crippen MR) is 120 cm³/mol. The van der Waals surface area contributed by atoms with Crippen LogP contribution in [0.4, 0.5) is 0 Å². The second-order valence-corrected chi connectivity index (χ2v) is 10.0. The molecule has 1 fully saturated rings. The van der Waals surface area contributed by atoms with Crippen LogP contribution in [0.3, 0.4) is 0 Å². The molecule has 1 aromatic carbocycles. The van der Waals surface area contributed by atoms with Crippen LogP contribution in [0.25, 0.3) is 11.1 Å². The van der Waals surface area contributed by atoms with Crippen molar-refractivity contribution in [3.8, 4) is 17.0 Å². The summed E-state index contributed by atoms with van der Waals surface area (Å²) in [4.78, 5) is 8.43. The minimum Gasteiger partial charge on any atom is -0.477 e. The quantitative estimate of drug-likeness (QED) is 0.564. The summed E-state index contributed by atoms with van der Waals surface area (Å²) in [7, 11) is 0. The highest BCUT2D eigenvalue weighted by molar-refractivity contribution is 7.98. The summed E-state index contributed by atoms with van der Waals surface area (Å²) in [6.45, 7) is 13.4. The molecule has 1 saturated heterocycles. The summed E-state index contributed by atoms with van der Waals surface area (Å²) in [5, 5.41) is 0. The highest BCUT2D eigenvalue weighted by Crippen LogP contribution is 2.28. The van der Waals surface area contributed by atoms with Gasteiger partial charge in [0.15, 0.2) is 0 Å². The molecule has 28 heavy (non-hydrogen) atoms. The van der Waals surface area contributed by atoms with Gasteiger partial charge in [-0.05, 0) is 79.8 Å². The number of pyridine rings is 1. The predicted octanol–water partition coefficient (Wildman–Crippen LogP) is 5.92. The van der Waals surface area contributed by atoms with Gasteiger partial charge in [-0.25, -0.2) is 4.98 Å². The minimum atomic E-state index is 0.378. The van der Waals surface area contributed by atoms with Crippen molar-refractivity contribution >= 4 is 11.8 Å². The zero-order valence-electron chi connectivity index (χ0n) is 18.0. The Kier molecular flexibility index (Phi) is 7.05. The molecule has 0 bridgehead atoms. The van der Waals surface area contributed by atoms with Crippen LogP contribution in [0.5, 0.6) is 5.88 Å². The van der Waals surface area contributed by atoms with Gasteiger partial charge in [-0.2, -0.15) is 0 Å². The van der Waals surface area contributed by atoms with Gasteiger partial charge in [0.25, 0.3) is 0 Å². The first-order chi connectivity index (χ1) is 13.3. The fourth-order valence-corrected chi connectivity index (χ4v) is 4.40. The van der Waals surface area contributed by atoms with Crippen molar-refractivity contribution in [3.63, 3.8) is 0 Å². The van der Waals surface area contributed by atoms with Gasteiger partial charge < -0.3 is 9.64 Å². The summed E-state index contributed by atoms with van der Waals surface area (Å²) < 4.78 is 6.01. The molecule has 2 heterocycles. The third-order valence-electron chi connectivity index (χ3n) is 5.35. The molecule has 3 nitrogen and oxygen atoms in total. The van der Waals surface area contributed by atoms with Crippen LogP contribution in [0.1, 0.15) is 39.2 Å². The van der Waals surface area contributed by atoms with Crippen molar-refractivity contribution < 1.29 is 4.74 Å². The van der Waals surface area contributed by atoms with Crippen molar-refractivity contribution in [3.05, 3.63) is 42.1 Å². The van der Waals surface area contributed by atoms with Gasteiger partial charge in [-0.15, -0.1) is 11.8 Å². The molecule has 0 aliphatic carbocycles. The number of benzene rings is 1. The van der Waals surface area contributed by atoms with Gasteiger partial charge in [-0.1, -0.05) is 26.8 Å². The van der Waals surface area contributed by atoms with Crippen LogP contribution in [0, 0.1) is 18.3 Å². The van der Waals surface area contributed by atoms with Crippen LogP contribution in [-0.4, -0.2) is 42.4 Å². The molecule has 1 aromatic heterocycles. The Labute approximate surface area is 174 Å². The highest BCUT2D eigenvalue weighted by Gasteiger charge is 2.23. The molecule has 0 unspecified atom stereocenters. The van der Waals surface area contributed by atoms with Crippen molar-refractivity contribution in [1.82, 2.24) is 9.88 Å². The first-order valence-corrected chi connectivity index (χ1v) is 11.5. The fraction of sp³-hybridized carbons (Fsp3) is 0.542. The Balaban J connectivity index is 1.50. The third kappa shape index (κ3) is 5.99. The van der Waals surface area contributed by atoms with Gasteiger partial charge in [0.2, 0.25) is 5.88 Å². The maximum Gasteiger partial charge on any atom is 0.213 e. The zero-order valence-corrected chi connectivity index (χ0v) is 18.8. The summed E-state index contributed by atoms with van der Waals surface area (Å²) in [6.07, 6.45) is 6.48. The van der Waals surface area contributed by atoms with Gasteiger partial charge in [0.1, 0.15) is 0 Å². The van der Waals surface area contributed by atoms with Crippen LogP contribution < -0.4 is 4.74 Å². The lowest BCUT2D eigenvalue weighted by Crippen LogP contribution is -2.40.